The summed E-state index contributed by atoms with van der Waals surface area (Å²) < 4.78 is 13.8. The summed E-state index contributed by atoms with van der Waals surface area (Å²) >= 11 is 1.04. The second-order valence-electron chi connectivity index (χ2n) is 7.00. The molecule has 1 amide bonds. The van der Waals surface area contributed by atoms with E-state index in [1.54, 1.807) is 26.0 Å². The van der Waals surface area contributed by atoms with E-state index in [1.807, 2.05) is 0 Å². The highest BCUT2D eigenvalue weighted by atomic mass is 32.1. The van der Waals surface area contributed by atoms with Crippen molar-refractivity contribution in [1.82, 2.24) is 15.3 Å². The number of carboxylic acids is 1. The molecule has 0 radical (unpaired) electrons. The quantitative estimate of drug-likeness (QED) is 0.671. The number of nitrogens with zero attached hydrogens (tertiary/aromatic N) is 2. The van der Waals surface area contributed by atoms with Crippen molar-refractivity contribution in [3.8, 4) is 0 Å². The normalized spacial score (nSPS) is 14.8. The van der Waals surface area contributed by atoms with Gasteiger partial charge in [0, 0.05) is 17.0 Å². The number of pyridine rings is 1. The van der Waals surface area contributed by atoms with Gasteiger partial charge in [-0.05, 0) is 51.0 Å². The summed E-state index contributed by atoms with van der Waals surface area (Å²) in [6.45, 7) is 3.37. The van der Waals surface area contributed by atoms with Gasteiger partial charge in [-0.1, -0.05) is 0 Å². The number of hydrogen-bond donors (Lipinski definition) is 2. The van der Waals surface area contributed by atoms with Crippen molar-refractivity contribution in [3.05, 3.63) is 56.9 Å². The molecule has 1 saturated carbocycles. The number of fused-ring (bicyclic) bond motifs is 1. The average Bonchev–Trinajstić information content (AvgIpc) is 3.42. The molecule has 144 valence electrons. The van der Waals surface area contributed by atoms with Crippen LogP contribution >= 0.6 is 11.3 Å². The number of benzene rings is 1. The van der Waals surface area contributed by atoms with Crippen LogP contribution in [-0.4, -0.2) is 27.0 Å². The minimum atomic E-state index is -1.04. The van der Waals surface area contributed by atoms with Crippen LogP contribution < -0.4 is 5.32 Å². The summed E-state index contributed by atoms with van der Waals surface area (Å²) in [6, 6.07) is 5.49. The molecular weight excluding hydrogens is 381 g/mol. The number of thiazole rings is 1. The van der Waals surface area contributed by atoms with Crippen molar-refractivity contribution in [2.75, 3.05) is 0 Å². The molecule has 2 N–H and O–H groups in total. The number of nitrogens with one attached hydrogen (secondary N) is 1. The Morgan fingerprint density at radius 2 is 2.04 bits per heavy atom. The molecule has 8 heteroatoms. The molecular formula is C20H18FN3O3S. The van der Waals surface area contributed by atoms with Crippen LogP contribution in [0, 0.1) is 12.7 Å². The smallest absolute Gasteiger partial charge is 0.347 e. The maximum absolute atomic E-state index is 13.8. The first-order valence-electron chi connectivity index (χ1n) is 8.95. The number of hydrogen-bond acceptors (Lipinski definition) is 5. The Kier molecular flexibility index (Phi) is 4.58. The molecule has 0 aliphatic heterocycles. The number of aromatic nitrogens is 2. The highest BCUT2D eigenvalue weighted by Gasteiger charge is 2.27. The molecule has 28 heavy (non-hydrogen) atoms. The summed E-state index contributed by atoms with van der Waals surface area (Å²) in [4.78, 5) is 33.2. The lowest BCUT2D eigenvalue weighted by Crippen LogP contribution is -2.27. The summed E-state index contributed by atoms with van der Waals surface area (Å²) in [6.07, 6.45) is 2.07. The number of rotatable bonds is 5. The minimum absolute atomic E-state index is 0.156. The predicted octanol–water partition coefficient (Wildman–Crippen LogP) is 4.21. The number of halogens is 1. The Morgan fingerprint density at radius 1 is 1.29 bits per heavy atom. The summed E-state index contributed by atoms with van der Waals surface area (Å²) in [5.74, 6) is -1.49. The molecule has 0 bridgehead atoms. The third kappa shape index (κ3) is 3.47. The minimum Gasteiger partial charge on any atom is -0.477 e. The van der Waals surface area contributed by atoms with Gasteiger partial charge in [-0.15, -0.1) is 11.3 Å². The van der Waals surface area contributed by atoms with Gasteiger partial charge in [0.05, 0.1) is 22.8 Å². The fourth-order valence-corrected chi connectivity index (χ4v) is 4.04. The van der Waals surface area contributed by atoms with Gasteiger partial charge in [0.15, 0.2) is 0 Å². The summed E-state index contributed by atoms with van der Waals surface area (Å²) in [5, 5.41) is 13.0. The SMILES string of the molecule is Cc1nc(C(C)NC(=O)c2cc(C3CC3)nc3ccc(F)cc23)sc1C(=O)O. The third-order valence-corrected chi connectivity index (χ3v) is 6.08. The van der Waals surface area contributed by atoms with Gasteiger partial charge in [0.2, 0.25) is 0 Å². The van der Waals surface area contributed by atoms with Gasteiger partial charge in [0.25, 0.3) is 5.91 Å². The average molecular weight is 399 g/mol. The van der Waals surface area contributed by atoms with Crippen molar-refractivity contribution >= 4 is 34.1 Å². The van der Waals surface area contributed by atoms with E-state index >= 15 is 0 Å². The fraction of sp³-hybridized carbons (Fsp3) is 0.300. The topological polar surface area (TPSA) is 92.2 Å². The molecule has 1 unspecified atom stereocenters. The third-order valence-electron chi connectivity index (χ3n) is 4.76. The molecule has 2 heterocycles. The lowest BCUT2D eigenvalue weighted by Gasteiger charge is -2.14. The second-order valence-corrected chi connectivity index (χ2v) is 8.03. The second kappa shape index (κ2) is 6.94. The van der Waals surface area contributed by atoms with E-state index in [1.165, 1.54) is 12.1 Å². The first kappa shape index (κ1) is 18.5. The first-order chi connectivity index (χ1) is 13.3. The van der Waals surface area contributed by atoms with Crippen LogP contribution in [0.3, 0.4) is 0 Å². The van der Waals surface area contributed by atoms with E-state index in [0.29, 0.717) is 33.1 Å². The molecule has 4 rings (SSSR count). The Balaban J connectivity index is 1.67. The van der Waals surface area contributed by atoms with Gasteiger partial charge in [0.1, 0.15) is 15.7 Å². The van der Waals surface area contributed by atoms with Gasteiger partial charge >= 0.3 is 5.97 Å². The molecule has 3 aromatic rings. The van der Waals surface area contributed by atoms with Crippen molar-refractivity contribution in [2.45, 2.75) is 38.6 Å². The van der Waals surface area contributed by atoms with Crippen LogP contribution in [0.4, 0.5) is 4.39 Å². The highest BCUT2D eigenvalue weighted by Crippen LogP contribution is 2.40. The number of carbonyl (C=O) groups is 2. The Hall–Kier alpha value is -2.87. The number of carboxylic acid groups (broad SMARTS) is 1. The fourth-order valence-electron chi connectivity index (χ4n) is 3.13. The number of aryl methyl sites for hydroxylation is 1. The van der Waals surface area contributed by atoms with E-state index in [9.17, 15) is 19.1 Å². The van der Waals surface area contributed by atoms with Crippen LogP contribution in [0.25, 0.3) is 10.9 Å². The summed E-state index contributed by atoms with van der Waals surface area (Å²) in [7, 11) is 0. The van der Waals surface area contributed by atoms with Crippen molar-refractivity contribution in [1.29, 1.82) is 0 Å². The van der Waals surface area contributed by atoms with Gasteiger partial charge in [-0.2, -0.15) is 0 Å². The van der Waals surface area contributed by atoms with Crippen LogP contribution in [0.15, 0.2) is 24.3 Å². The zero-order chi connectivity index (χ0) is 20.0. The molecule has 1 atom stereocenters. The number of carbonyl (C=O) groups excluding carboxylic acids is 1. The largest absolute Gasteiger partial charge is 0.477 e. The molecule has 0 saturated heterocycles. The molecule has 2 aromatic heterocycles. The lowest BCUT2D eigenvalue weighted by molar-refractivity contribution is 0.0701. The molecule has 6 nitrogen and oxygen atoms in total. The Labute approximate surface area is 164 Å². The van der Waals surface area contributed by atoms with E-state index in [-0.39, 0.29) is 10.8 Å². The van der Waals surface area contributed by atoms with Crippen molar-refractivity contribution in [3.63, 3.8) is 0 Å². The summed E-state index contributed by atoms with van der Waals surface area (Å²) in [5.41, 5.74) is 2.21. The Bertz CT molecular complexity index is 1110. The van der Waals surface area contributed by atoms with E-state index in [4.69, 9.17) is 0 Å². The Morgan fingerprint density at radius 3 is 2.68 bits per heavy atom. The van der Waals surface area contributed by atoms with Gasteiger partial charge < -0.3 is 10.4 Å². The molecule has 1 aromatic carbocycles. The number of aromatic carboxylic acids is 1. The first-order valence-corrected chi connectivity index (χ1v) is 9.77. The van der Waals surface area contributed by atoms with Crippen molar-refractivity contribution in [2.24, 2.45) is 0 Å². The molecule has 1 aliphatic carbocycles. The molecule has 1 fully saturated rings. The standard InChI is InChI=1S/C20H18FN3O3S/c1-9-17(20(26)27)28-19(23-9)10(2)22-18(25)14-8-16(11-3-4-11)24-15-6-5-12(21)7-13(14)15/h5-8,10-11H,3-4H2,1-2H3,(H,22,25)(H,26,27). The van der Waals surface area contributed by atoms with Crippen LogP contribution in [-0.2, 0) is 0 Å². The monoisotopic (exact) mass is 399 g/mol. The van der Waals surface area contributed by atoms with Crippen LogP contribution in [0.1, 0.15) is 68.2 Å². The van der Waals surface area contributed by atoms with Crippen molar-refractivity contribution < 1.29 is 19.1 Å². The van der Waals surface area contributed by atoms with E-state index in [2.05, 4.69) is 15.3 Å². The van der Waals surface area contributed by atoms with Crippen LogP contribution in [0.5, 0.6) is 0 Å². The van der Waals surface area contributed by atoms with E-state index < -0.39 is 17.8 Å². The highest BCUT2D eigenvalue weighted by molar-refractivity contribution is 7.13. The number of amides is 1. The molecule has 0 spiro atoms. The lowest BCUT2D eigenvalue weighted by atomic mass is 10.0. The van der Waals surface area contributed by atoms with Gasteiger partial charge in [-0.25, -0.2) is 14.2 Å². The van der Waals surface area contributed by atoms with E-state index in [0.717, 1.165) is 29.9 Å². The predicted molar refractivity (Wildman–Crippen MR) is 103 cm³/mol. The van der Waals surface area contributed by atoms with Crippen LogP contribution in [0.2, 0.25) is 0 Å². The molecule has 1 aliphatic rings. The maximum Gasteiger partial charge on any atom is 0.347 e. The van der Waals surface area contributed by atoms with Gasteiger partial charge in [-0.3, -0.25) is 9.78 Å². The maximum atomic E-state index is 13.8. The zero-order valence-electron chi connectivity index (χ0n) is 15.3. The zero-order valence-corrected chi connectivity index (χ0v) is 16.1.